The Morgan fingerprint density at radius 1 is 0.592 bits per heavy atom. The summed E-state index contributed by atoms with van der Waals surface area (Å²) in [6, 6.07) is 9.47. The van der Waals surface area contributed by atoms with E-state index >= 15 is 0 Å². The van der Waals surface area contributed by atoms with Crippen LogP contribution in [-0.4, -0.2) is 162 Å². The van der Waals surface area contributed by atoms with Crippen molar-refractivity contribution in [2.45, 2.75) is 6.61 Å². The molecule has 0 radical (unpaired) electrons. The molecule has 3 N–H and O–H groups in total. The third-order valence-corrected chi connectivity index (χ3v) is 5.33. The van der Waals surface area contributed by atoms with Gasteiger partial charge < -0.3 is 62.9 Å². The monoisotopic (exact) mass is 706 g/mol. The number of esters is 1. The molecule has 0 saturated heterocycles. The lowest BCUT2D eigenvalue weighted by molar-refractivity contribution is -0.151. The third-order valence-electron chi connectivity index (χ3n) is 5.33. The molecule has 0 heterocycles. The lowest BCUT2D eigenvalue weighted by Gasteiger charge is -2.08. The Kier molecular flexibility index (Phi) is 37.1. The van der Waals surface area contributed by atoms with Crippen LogP contribution in [0.2, 0.25) is 0 Å². The number of carbonyl (C=O) groups is 2. The molecule has 282 valence electrons. The van der Waals surface area contributed by atoms with E-state index < -0.39 is 11.9 Å². The summed E-state index contributed by atoms with van der Waals surface area (Å²) in [6.07, 6.45) is 0. The fourth-order valence-electron chi connectivity index (χ4n) is 3.09. The second kappa shape index (κ2) is 39.5. The van der Waals surface area contributed by atoms with Crippen LogP contribution >= 0.6 is 0 Å². The summed E-state index contributed by atoms with van der Waals surface area (Å²) in [5.41, 5.74) is 14.3. The summed E-state index contributed by atoms with van der Waals surface area (Å²) in [5.74, 6) is -1.39. The zero-order valence-electron chi connectivity index (χ0n) is 28.3. The number of benzene rings is 1. The van der Waals surface area contributed by atoms with Crippen molar-refractivity contribution in [3.63, 3.8) is 0 Å². The van der Waals surface area contributed by atoms with Gasteiger partial charge in [0.05, 0.1) is 119 Å². The molecule has 0 atom stereocenters. The van der Waals surface area contributed by atoms with Crippen LogP contribution in [0.25, 0.3) is 10.4 Å². The van der Waals surface area contributed by atoms with Crippen LogP contribution in [0.3, 0.4) is 0 Å². The van der Waals surface area contributed by atoms with Crippen molar-refractivity contribution in [2.24, 2.45) is 10.8 Å². The first-order valence-electron chi connectivity index (χ1n) is 16.0. The molecule has 0 unspecified atom stereocenters. The average molecular weight is 707 g/mol. The highest BCUT2D eigenvalue weighted by Gasteiger charge is 2.03. The van der Waals surface area contributed by atoms with Crippen molar-refractivity contribution in [2.75, 3.05) is 145 Å². The summed E-state index contributed by atoms with van der Waals surface area (Å²) < 4.78 is 57.1. The molecule has 0 aliphatic heterocycles. The molecule has 1 rings (SSSR count). The maximum atomic E-state index is 11.5. The molecule has 0 aromatic heterocycles. The van der Waals surface area contributed by atoms with Crippen LogP contribution < -0.4 is 5.73 Å². The molecule has 0 saturated carbocycles. The second-order valence-corrected chi connectivity index (χ2v) is 9.29. The molecule has 0 bridgehead atoms. The SMILES string of the molecule is NCCOCCOCCOCCOCCOCC(=O)O.[N-]=[N+]=NCCOCCOCCOCCOCCOCC(=O)OCc1ccccc1. The first-order chi connectivity index (χ1) is 24.1. The van der Waals surface area contributed by atoms with Crippen LogP contribution in [0.1, 0.15) is 5.56 Å². The number of carbonyl (C=O) groups excluding carboxylic acids is 1. The number of rotatable bonds is 35. The molecule has 1 aromatic rings. The molecule has 0 fully saturated rings. The smallest absolute Gasteiger partial charge is 0.332 e. The molecular weight excluding hydrogens is 652 g/mol. The Morgan fingerprint density at radius 2 is 0.980 bits per heavy atom. The minimum atomic E-state index is -0.984. The summed E-state index contributed by atoms with van der Waals surface area (Å²) in [6.45, 7) is 8.62. The number of aliphatic carboxylic acids is 1. The minimum Gasteiger partial charge on any atom is -0.480 e. The van der Waals surface area contributed by atoms with E-state index in [0.29, 0.717) is 125 Å². The van der Waals surface area contributed by atoms with E-state index in [-0.39, 0.29) is 26.4 Å². The maximum absolute atomic E-state index is 11.5. The Labute approximate surface area is 287 Å². The molecule has 1 aromatic carbocycles. The van der Waals surface area contributed by atoms with Gasteiger partial charge in [0, 0.05) is 18.0 Å². The highest BCUT2D eigenvalue weighted by Crippen LogP contribution is 2.00. The summed E-state index contributed by atoms with van der Waals surface area (Å²) in [5, 5.41) is 11.7. The van der Waals surface area contributed by atoms with Gasteiger partial charge in [0.2, 0.25) is 0 Å². The number of hydrogen-bond donors (Lipinski definition) is 2. The Balaban J connectivity index is 0.00000101. The van der Waals surface area contributed by atoms with E-state index in [1.807, 2.05) is 30.3 Å². The van der Waals surface area contributed by atoms with Crippen LogP contribution in [-0.2, 0) is 68.3 Å². The predicted octanol–water partition coefficient (Wildman–Crippen LogP) is 1.24. The van der Waals surface area contributed by atoms with Crippen LogP contribution in [0, 0.1) is 0 Å². The van der Waals surface area contributed by atoms with E-state index in [0.717, 1.165) is 5.56 Å². The Bertz CT molecular complexity index is 914. The van der Waals surface area contributed by atoms with E-state index in [4.69, 9.17) is 68.5 Å². The quantitative estimate of drug-likeness (QED) is 0.0332. The van der Waals surface area contributed by atoms with Crippen LogP contribution in [0.15, 0.2) is 35.4 Å². The van der Waals surface area contributed by atoms with Gasteiger partial charge in [0.15, 0.2) is 0 Å². The van der Waals surface area contributed by atoms with Gasteiger partial charge in [-0.3, -0.25) is 0 Å². The van der Waals surface area contributed by atoms with E-state index in [1.165, 1.54) is 0 Å². The molecule has 0 aliphatic carbocycles. The fourth-order valence-corrected chi connectivity index (χ4v) is 3.09. The van der Waals surface area contributed by atoms with Gasteiger partial charge in [0.1, 0.15) is 19.8 Å². The van der Waals surface area contributed by atoms with Gasteiger partial charge in [0.25, 0.3) is 0 Å². The molecule has 18 nitrogen and oxygen atoms in total. The van der Waals surface area contributed by atoms with Gasteiger partial charge in [-0.2, -0.15) is 0 Å². The molecule has 18 heteroatoms. The average Bonchev–Trinajstić information content (AvgIpc) is 3.11. The van der Waals surface area contributed by atoms with E-state index in [1.54, 1.807) is 0 Å². The summed E-state index contributed by atoms with van der Waals surface area (Å²) in [4.78, 5) is 24.3. The number of carboxylic acid groups (broad SMARTS) is 1. The molecular formula is C31H54N4O14. The maximum Gasteiger partial charge on any atom is 0.332 e. The van der Waals surface area contributed by atoms with Crippen LogP contribution in [0.5, 0.6) is 0 Å². The highest BCUT2D eigenvalue weighted by molar-refractivity contribution is 5.70. The Hall–Kier alpha value is -2.97. The Morgan fingerprint density at radius 3 is 1.39 bits per heavy atom. The van der Waals surface area contributed by atoms with Crippen molar-refractivity contribution in [3.05, 3.63) is 46.3 Å². The number of nitrogens with two attached hydrogens (primary N) is 1. The molecule has 49 heavy (non-hydrogen) atoms. The van der Waals surface area contributed by atoms with Crippen molar-refractivity contribution in [1.29, 1.82) is 0 Å². The predicted molar refractivity (Wildman–Crippen MR) is 175 cm³/mol. The van der Waals surface area contributed by atoms with E-state index in [9.17, 15) is 9.59 Å². The van der Waals surface area contributed by atoms with E-state index in [2.05, 4.69) is 10.0 Å². The summed E-state index contributed by atoms with van der Waals surface area (Å²) >= 11 is 0. The lowest BCUT2D eigenvalue weighted by atomic mass is 10.2. The fraction of sp³-hybridized carbons (Fsp3) is 0.742. The van der Waals surface area contributed by atoms with Gasteiger partial charge in [-0.05, 0) is 11.1 Å². The summed E-state index contributed by atoms with van der Waals surface area (Å²) in [7, 11) is 0. The normalized spacial score (nSPS) is 10.6. The number of ether oxygens (including phenoxy) is 11. The number of azide groups is 1. The minimum absolute atomic E-state index is 0.0979. The molecule has 0 aliphatic rings. The van der Waals surface area contributed by atoms with Crippen molar-refractivity contribution < 1.29 is 66.8 Å². The zero-order chi connectivity index (χ0) is 35.7. The number of hydrogen-bond acceptors (Lipinski definition) is 15. The standard InChI is InChI=1S/C19H29N3O7.C12H25NO7/c20-22-21-6-7-24-8-9-25-10-11-26-12-13-27-14-15-28-17-19(23)29-16-18-4-2-1-3-5-18;13-1-2-16-3-4-17-5-6-18-7-8-19-9-10-20-11-12(14)15/h1-5H,6-17H2;1-11,13H2,(H,14,15). The molecule has 0 amide bonds. The zero-order valence-corrected chi connectivity index (χ0v) is 28.3. The number of nitrogens with zero attached hydrogens (tertiary/aromatic N) is 3. The second-order valence-electron chi connectivity index (χ2n) is 9.29. The van der Waals surface area contributed by atoms with Crippen LogP contribution in [0.4, 0.5) is 0 Å². The van der Waals surface area contributed by atoms with Crippen molar-refractivity contribution >= 4 is 11.9 Å². The van der Waals surface area contributed by atoms with Crippen molar-refractivity contribution in [3.8, 4) is 0 Å². The largest absolute Gasteiger partial charge is 0.480 e. The number of carboxylic acids is 1. The molecule has 0 spiro atoms. The van der Waals surface area contributed by atoms with Gasteiger partial charge in [-0.1, -0.05) is 35.4 Å². The third kappa shape index (κ3) is 39.4. The highest BCUT2D eigenvalue weighted by atomic mass is 16.6. The van der Waals surface area contributed by atoms with Gasteiger partial charge in [-0.15, -0.1) is 0 Å². The lowest BCUT2D eigenvalue weighted by Crippen LogP contribution is -2.16. The van der Waals surface area contributed by atoms with Gasteiger partial charge >= 0.3 is 11.9 Å². The topological polar surface area (TPSA) is 231 Å². The van der Waals surface area contributed by atoms with Crippen molar-refractivity contribution in [1.82, 2.24) is 0 Å². The van der Waals surface area contributed by atoms with Gasteiger partial charge in [-0.25, -0.2) is 9.59 Å². The first kappa shape index (κ1) is 46.0. The first-order valence-corrected chi connectivity index (χ1v) is 16.0.